The third kappa shape index (κ3) is 2.58. The van der Waals surface area contributed by atoms with Crippen molar-refractivity contribution in [3.63, 3.8) is 0 Å². The number of thiophene rings is 1. The van der Waals surface area contributed by atoms with Crippen LogP contribution in [0.3, 0.4) is 0 Å². The highest BCUT2D eigenvalue weighted by molar-refractivity contribution is 14.1. The first kappa shape index (κ1) is 13.6. The van der Waals surface area contributed by atoms with Crippen molar-refractivity contribution >= 4 is 66.5 Å². The molecule has 0 nitrogen and oxygen atoms in total. The van der Waals surface area contributed by atoms with Crippen LogP contribution in [-0.4, -0.2) is 0 Å². The average molecular weight is 418 g/mol. The van der Waals surface area contributed by atoms with Gasteiger partial charge in [0.05, 0.1) is 2.88 Å². The van der Waals surface area contributed by atoms with E-state index in [2.05, 4.69) is 89.3 Å². The van der Waals surface area contributed by atoms with Crippen molar-refractivity contribution in [2.24, 2.45) is 0 Å². The number of fused-ring (bicyclic) bond motifs is 2. The van der Waals surface area contributed by atoms with E-state index in [0.717, 1.165) is 0 Å². The number of benzene rings is 3. The van der Waals surface area contributed by atoms with Gasteiger partial charge in [-0.1, -0.05) is 54.2 Å². The fourth-order valence-electron chi connectivity index (χ4n) is 2.43. The first-order chi connectivity index (χ1) is 10.3. The third-order valence-corrected chi connectivity index (χ3v) is 7.21. The Balaban J connectivity index is 1.91. The highest BCUT2D eigenvalue weighted by Gasteiger charge is 2.12. The monoisotopic (exact) mass is 418 g/mol. The molecule has 0 aliphatic rings. The largest absolute Gasteiger partial charge is 0.128 e. The van der Waals surface area contributed by atoms with Gasteiger partial charge in [-0.3, -0.25) is 0 Å². The van der Waals surface area contributed by atoms with Crippen molar-refractivity contribution in [1.82, 2.24) is 0 Å². The lowest BCUT2D eigenvalue weighted by molar-refractivity contribution is 1.44. The van der Waals surface area contributed by atoms with Crippen LogP contribution in [0.5, 0.6) is 0 Å². The van der Waals surface area contributed by atoms with E-state index in [-0.39, 0.29) is 0 Å². The Bertz CT molecular complexity index is 926. The van der Waals surface area contributed by atoms with Crippen LogP contribution in [0, 0.1) is 2.88 Å². The number of halogens is 1. The molecule has 0 saturated carbocycles. The fourth-order valence-corrected chi connectivity index (χ4v) is 5.82. The van der Waals surface area contributed by atoms with Gasteiger partial charge in [0, 0.05) is 19.9 Å². The summed E-state index contributed by atoms with van der Waals surface area (Å²) < 4.78 is 2.74. The first-order valence-electron chi connectivity index (χ1n) is 6.65. The minimum atomic E-state index is 1.29. The molecule has 0 bridgehead atoms. The van der Waals surface area contributed by atoms with Crippen LogP contribution in [0.25, 0.3) is 20.9 Å². The molecule has 0 atom stereocenters. The van der Waals surface area contributed by atoms with E-state index in [0.29, 0.717) is 0 Å². The lowest BCUT2D eigenvalue weighted by atomic mass is 10.1. The predicted molar refractivity (Wildman–Crippen MR) is 103 cm³/mol. The van der Waals surface area contributed by atoms with E-state index in [1.807, 2.05) is 23.1 Å². The van der Waals surface area contributed by atoms with E-state index in [9.17, 15) is 0 Å². The highest BCUT2D eigenvalue weighted by Crippen LogP contribution is 2.43. The van der Waals surface area contributed by atoms with Gasteiger partial charge in [-0.2, -0.15) is 0 Å². The molecular formula is C18H11IS2. The Labute approximate surface area is 145 Å². The Morgan fingerprint density at radius 1 is 0.810 bits per heavy atom. The Hall–Kier alpha value is -1.04. The fraction of sp³-hybridized carbons (Fsp3) is 0. The summed E-state index contributed by atoms with van der Waals surface area (Å²) in [6.45, 7) is 0. The van der Waals surface area contributed by atoms with Gasteiger partial charge in [0.2, 0.25) is 0 Å². The molecule has 0 N–H and O–H groups in total. The highest BCUT2D eigenvalue weighted by atomic mass is 127. The summed E-state index contributed by atoms with van der Waals surface area (Å²) in [5.74, 6) is 0. The molecule has 0 amide bonds. The summed E-state index contributed by atoms with van der Waals surface area (Å²) in [4.78, 5) is 2.68. The number of hydrogen-bond acceptors (Lipinski definition) is 2. The molecule has 102 valence electrons. The maximum Gasteiger partial charge on any atom is 0.0805 e. The van der Waals surface area contributed by atoms with Crippen LogP contribution in [0.15, 0.2) is 76.5 Å². The molecule has 0 aliphatic heterocycles. The van der Waals surface area contributed by atoms with Gasteiger partial charge in [0.1, 0.15) is 0 Å². The van der Waals surface area contributed by atoms with Gasteiger partial charge in [-0.15, -0.1) is 11.3 Å². The normalized spacial score (nSPS) is 11.3. The van der Waals surface area contributed by atoms with Gasteiger partial charge < -0.3 is 0 Å². The Morgan fingerprint density at radius 3 is 2.24 bits per heavy atom. The molecule has 1 aromatic heterocycles. The summed E-state index contributed by atoms with van der Waals surface area (Å²) in [5, 5.41) is 4.00. The molecule has 3 heteroatoms. The van der Waals surface area contributed by atoms with Crippen LogP contribution in [0.2, 0.25) is 0 Å². The molecule has 0 aliphatic carbocycles. The topological polar surface area (TPSA) is 0 Å². The van der Waals surface area contributed by atoms with Crippen molar-refractivity contribution in [3.8, 4) is 0 Å². The second kappa shape index (κ2) is 5.63. The molecule has 0 radical (unpaired) electrons. The van der Waals surface area contributed by atoms with E-state index >= 15 is 0 Å². The SMILES string of the molecule is Ic1sc2cc3ccccc3cc2c1Sc1ccccc1. The van der Waals surface area contributed by atoms with Gasteiger partial charge in [0.15, 0.2) is 0 Å². The maximum atomic E-state index is 2.47. The zero-order chi connectivity index (χ0) is 14.2. The number of rotatable bonds is 2. The van der Waals surface area contributed by atoms with Crippen molar-refractivity contribution in [3.05, 3.63) is 69.6 Å². The molecule has 0 unspecified atom stereocenters. The quantitative estimate of drug-likeness (QED) is 0.322. The van der Waals surface area contributed by atoms with E-state index in [1.54, 1.807) is 0 Å². The predicted octanol–water partition coefficient (Wildman–Crippen LogP) is 6.81. The van der Waals surface area contributed by atoms with Crippen molar-refractivity contribution in [2.75, 3.05) is 0 Å². The van der Waals surface area contributed by atoms with Gasteiger partial charge >= 0.3 is 0 Å². The summed E-state index contributed by atoms with van der Waals surface area (Å²) in [5.41, 5.74) is 0. The lowest BCUT2D eigenvalue weighted by Crippen LogP contribution is -1.75. The van der Waals surface area contributed by atoms with Gasteiger partial charge in [0.25, 0.3) is 0 Å². The molecule has 4 aromatic rings. The Morgan fingerprint density at radius 2 is 1.48 bits per heavy atom. The molecule has 0 fully saturated rings. The first-order valence-corrected chi connectivity index (χ1v) is 9.36. The molecule has 21 heavy (non-hydrogen) atoms. The van der Waals surface area contributed by atoms with Crippen LogP contribution in [-0.2, 0) is 0 Å². The van der Waals surface area contributed by atoms with Crippen LogP contribution in [0.4, 0.5) is 0 Å². The van der Waals surface area contributed by atoms with Crippen LogP contribution < -0.4 is 0 Å². The molecule has 4 rings (SSSR count). The molecule has 0 saturated heterocycles. The standard InChI is InChI=1S/C18H11IS2/c19-18-17(20-14-8-2-1-3-9-14)15-10-12-6-4-5-7-13(12)11-16(15)21-18/h1-11H. The maximum absolute atomic E-state index is 2.47. The second-order valence-electron chi connectivity index (χ2n) is 4.82. The number of hydrogen-bond donors (Lipinski definition) is 0. The minimum absolute atomic E-state index is 1.29. The summed E-state index contributed by atoms with van der Waals surface area (Å²) in [6, 6.07) is 23.8. The van der Waals surface area contributed by atoms with Gasteiger partial charge in [-0.25, -0.2) is 0 Å². The lowest BCUT2D eigenvalue weighted by Gasteiger charge is -2.02. The Kier molecular flexibility index (Phi) is 3.65. The minimum Gasteiger partial charge on any atom is -0.128 e. The zero-order valence-corrected chi connectivity index (χ0v) is 14.8. The summed E-state index contributed by atoms with van der Waals surface area (Å²) in [7, 11) is 0. The van der Waals surface area contributed by atoms with Crippen molar-refractivity contribution in [2.45, 2.75) is 9.79 Å². The van der Waals surface area contributed by atoms with E-state index in [1.165, 1.54) is 33.5 Å². The van der Waals surface area contributed by atoms with Crippen molar-refractivity contribution < 1.29 is 0 Å². The van der Waals surface area contributed by atoms with Crippen molar-refractivity contribution in [1.29, 1.82) is 0 Å². The van der Waals surface area contributed by atoms with E-state index in [4.69, 9.17) is 0 Å². The molecular weight excluding hydrogens is 407 g/mol. The van der Waals surface area contributed by atoms with E-state index < -0.39 is 0 Å². The van der Waals surface area contributed by atoms with Crippen LogP contribution >= 0.6 is 45.7 Å². The molecule has 0 spiro atoms. The second-order valence-corrected chi connectivity index (χ2v) is 8.76. The summed E-state index contributed by atoms with van der Waals surface area (Å²) >= 11 is 6.21. The molecule has 1 heterocycles. The molecule has 3 aromatic carbocycles. The smallest absolute Gasteiger partial charge is 0.0805 e. The zero-order valence-electron chi connectivity index (χ0n) is 11.0. The third-order valence-electron chi connectivity index (χ3n) is 3.43. The van der Waals surface area contributed by atoms with Gasteiger partial charge in [-0.05, 0) is 57.6 Å². The summed E-state index contributed by atoms with van der Waals surface area (Å²) in [6.07, 6.45) is 0. The van der Waals surface area contributed by atoms with Crippen LogP contribution in [0.1, 0.15) is 0 Å². The average Bonchev–Trinajstić information content (AvgIpc) is 2.81.